The average Bonchev–Trinajstić information content (AvgIpc) is 3.28. The molecule has 0 amide bonds. The Morgan fingerprint density at radius 3 is 2.72 bits per heavy atom. The molecule has 0 aliphatic heterocycles. The Kier molecular flexibility index (Phi) is 8.82. The first-order chi connectivity index (χ1) is 17.5. The molecular weight excluding hydrogens is 481 g/mol. The minimum Gasteiger partial charge on any atom is -0.491 e. The van der Waals surface area contributed by atoms with E-state index in [0.717, 1.165) is 17.7 Å². The number of aromatic nitrogens is 2. The van der Waals surface area contributed by atoms with Crippen LogP contribution >= 0.6 is 11.3 Å². The minimum absolute atomic E-state index is 0.144. The molecule has 4 aromatic rings. The van der Waals surface area contributed by atoms with Crippen molar-refractivity contribution in [2.75, 3.05) is 33.4 Å². The number of fused-ring (bicyclic) bond motifs is 1. The number of hydrogen-bond donors (Lipinski definition) is 2. The van der Waals surface area contributed by atoms with Crippen LogP contribution in [0, 0.1) is 12.7 Å². The van der Waals surface area contributed by atoms with Gasteiger partial charge in [-0.05, 0) is 31.0 Å². The van der Waals surface area contributed by atoms with E-state index < -0.39 is 6.10 Å². The summed E-state index contributed by atoms with van der Waals surface area (Å²) in [7, 11) is 1.64. The van der Waals surface area contributed by atoms with Crippen LogP contribution in [0.4, 0.5) is 4.39 Å². The number of aryl methyl sites for hydroxylation is 1. The molecule has 0 aliphatic rings. The normalized spacial score (nSPS) is 12.4. The molecule has 9 heteroatoms. The molecule has 36 heavy (non-hydrogen) atoms. The van der Waals surface area contributed by atoms with Gasteiger partial charge in [0, 0.05) is 43.3 Å². The molecule has 1 atom stereocenters. The molecule has 190 valence electrons. The molecule has 2 aromatic heterocycles. The molecule has 2 N–H and O–H groups in total. The van der Waals surface area contributed by atoms with Gasteiger partial charge in [-0.1, -0.05) is 36.4 Å². The summed E-state index contributed by atoms with van der Waals surface area (Å²) in [5, 5.41) is 12.8. The quantitative estimate of drug-likeness (QED) is 0.275. The van der Waals surface area contributed by atoms with E-state index in [1.54, 1.807) is 30.7 Å². The van der Waals surface area contributed by atoms with Crippen molar-refractivity contribution in [1.82, 2.24) is 14.9 Å². The second-order valence-corrected chi connectivity index (χ2v) is 9.49. The van der Waals surface area contributed by atoms with Gasteiger partial charge < -0.3 is 19.6 Å². The fourth-order valence-corrected chi connectivity index (χ4v) is 5.04. The molecule has 0 bridgehead atoms. The van der Waals surface area contributed by atoms with Crippen LogP contribution in [0.2, 0.25) is 0 Å². The van der Waals surface area contributed by atoms with Crippen molar-refractivity contribution < 1.29 is 19.0 Å². The van der Waals surface area contributed by atoms with E-state index >= 15 is 0 Å². The number of para-hydroxylation sites is 1. The summed E-state index contributed by atoms with van der Waals surface area (Å²) in [4.78, 5) is 23.1. The molecule has 0 radical (unpaired) electrons. The lowest BCUT2D eigenvalue weighted by Crippen LogP contribution is -2.37. The molecule has 2 heterocycles. The maximum atomic E-state index is 14.3. The van der Waals surface area contributed by atoms with Gasteiger partial charge in [-0.25, -0.2) is 9.37 Å². The molecule has 7 nitrogen and oxygen atoms in total. The lowest BCUT2D eigenvalue weighted by atomic mass is 10.1. The lowest BCUT2D eigenvalue weighted by molar-refractivity contribution is 0.0607. The number of rotatable bonds is 12. The SMILES string of the molecule is COCCCN(Cc1nc2scc(-c3ccccc3F)c2c(=O)[nH]1)CC(O)COc1ccccc1C. The average molecular weight is 512 g/mol. The number of halogens is 1. The number of hydrogen-bond acceptors (Lipinski definition) is 7. The third-order valence-electron chi connectivity index (χ3n) is 5.85. The van der Waals surface area contributed by atoms with E-state index in [4.69, 9.17) is 9.47 Å². The second kappa shape index (κ2) is 12.2. The number of nitrogens with zero attached hydrogens (tertiary/aromatic N) is 2. The third kappa shape index (κ3) is 6.36. The molecular formula is C27H30FN3O4S. The molecule has 0 spiro atoms. The Morgan fingerprint density at radius 1 is 1.17 bits per heavy atom. The summed E-state index contributed by atoms with van der Waals surface area (Å²) < 4.78 is 25.3. The van der Waals surface area contributed by atoms with E-state index in [2.05, 4.69) is 9.97 Å². The van der Waals surface area contributed by atoms with Crippen LogP contribution in [-0.2, 0) is 11.3 Å². The highest BCUT2D eigenvalue weighted by Gasteiger charge is 2.18. The first-order valence-electron chi connectivity index (χ1n) is 11.8. The van der Waals surface area contributed by atoms with Crippen LogP contribution in [0.15, 0.2) is 58.7 Å². The number of nitrogens with one attached hydrogen (secondary N) is 1. The maximum Gasteiger partial charge on any atom is 0.260 e. The van der Waals surface area contributed by atoms with Crippen LogP contribution in [0.5, 0.6) is 5.75 Å². The number of aliphatic hydroxyl groups is 1. The van der Waals surface area contributed by atoms with Gasteiger partial charge in [0.1, 0.15) is 34.9 Å². The summed E-state index contributed by atoms with van der Waals surface area (Å²) in [6.45, 7) is 3.99. The van der Waals surface area contributed by atoms with Gasteiger partial charge in [0.15, 0.2) is 0 Å². The number of thiophene rings is 1. The van der Waals surface area contributed by atoms with Gasteiger partial charge in [-0.3, -0.25) is 9.69 Å². The zero-order valence-corrected chi connectivity index (χ0v) is 21.2. The van der Waals surface area contributed by atoms with Crippen LogP contribution in [-0.4, -0.2) is 59.5 Å². The van der Waals surface area contributed by atoms with Crippen molar-refractivity contribution in [3.63, 3.8) is 0 Å². The van der Waals surface area contributed by atoms with Gasteiger partial charge in [-0.2, -0.15) is 0 Å². The van der Waals surface area contributed by atoms with Crippen molar-refractivity contribution in [2.24, 2.45) is 0 Å². The molecule has 0 saturated heterocycles. The maximum absolute atomic E-state index is 14.3. The smallest absolute Gasteiger partial charge is 0.260 e. The van der Waals surface area contributed by atoms with Gasteiger partial charge in [0.2, 0.25) is 0 Å². The van der Waals surface area contributed by atoms with Crippen LogP contribution in [0.3, 0.4) is 0 Å². The van der Waals surface area contributed by atoms with Gasteiger partial charge >= 0.3 is 0 Å². The Hall–Kier alpha value is -3.11. The Morgan fingerprint density at radius 2 is 1.94 bits per heavy atom. The number of benzene rings is 2. The van der Waals surface area contributed by atoms with E-state index in [1.165, 1.54) is 17.4 Å². The Bertz CT molecular complexity index is 1360. The van der Waals surface area contributed by atoms with Crippen molar-refractivity contribution in [3.8, 4) is 16.9 Å². The molecule has 0 saturated carbocycles. The van der Waals surface area contributed by atoms with Gasteiger partial charge in [0.05, 0.1) is 11.9 Å². The summed E-state index contributed by atoms with van der Waals surface area (Å²) in [5.41, 5.74) is 1.60. The number of H-pyrrole nitrogens is 1. The van der Waals surface area contributed by atoms with Crippen molar-refractivity contribution in [2.45, 2.75) is 26.0 Å². The largest absolute Gasteiger partial charge is 0.491 e. The first-order valence-corrected chi connectivity index (χ1v) is 12.7. The van der Waals surface area contributed by atoms with Crippen molar-refractivity contribution in [1.29, 1.82) is 0 Å². The first kappa shape index (κ1) is 26.0. The predicted octanol–water partition coefficient (Wildman–Crippen LogP) is 4.38. The summed E-state index contributed by atoms with van der Waals surface area (Å²) in [6, 6.07) is 14.1. The van der Waals surface area contributed by atoms with Crippen LogP contribution < -0.4 is 10.3 Å². The van der Waals surface area contributed by atoms with Crippen LogP contribution in [0.25, 0.3) is 21.3 Å². The Labute approximate surface area is 213 Å². The highest BCUT2D eigenvalue weighted by atomic mass is 32.1. The highest BCUT2D eigenvalue weighted by molar-refractivity contribution is 7.17. The summed E-state index contributed by atoms with van der Waals surface area (Å²) in [6.07, 6.45) is 0.0159. The number of methoxy groups -OCH3 is 1. The zero-order valence-electron chi connectivity index (χ0n) is 20.4. The zero-order chi connectivity index (χ0) is 25.5. The van der Waals surface area contributed by atoms with E-state index in [-0.39, 0.29) is 18.0 Å². The van der Waals surface area contributed by atoms with E-state index in [9.17, 15) is 14.3 Å². The van der Waals surface area contributed by atoms with Gasteiger partial charge in [0.25, 0.3) is 5.56 Å². The Balaban J connectivity index is 1.50. The molecule has 1 unspecified atom stereocenters. The monoisotopic (exact) mass is 511 g/mol. The molecule has 0 fully saturated rings. The number of aliphatic hydroxyl groups excluding tert-OH is 1. The molecule has 4 rings (SSSR count). The second-order valence-electron chi connectivity index (χ2n) is 8.63. The van der Waals surface area contributed by atoms with Gasteiger partial charge in [-0.15, -0.1) is 11.3 Å². The number of ether oxygens (including phenoxy) is 2. The standard InChI is InChI=1S/C27H30FN3O4S/c1-18-8-3-6-11-23(18)35-16-19(32)14-31(12-7-13-34-2)15-24-29-26(33)25-21(17-36-27(25)30-24)20-9-4-5-10-22(20)28/h3-6,8-11,17,19,32H,7,12-16H2,1-2H3,(H,29,30,33). The number of aromatic amines is 1. The molecule has 2 aromatic carbocycles. The fourth-order valence-electron chi connectivity index (χ4n) is 4.08. The predicted molar refractivity (Wildman–Crippen MR) is 140 cm³/mol. The minimum atomic E-state index is -0.739. The lowest BCUT2D eigenvalue weighted by Gasteiger charge is -2.25. The van der Waals surface area contributed by atoms with Crippen molar-refractivity contribution >= 4 is 21.6 Å². The van der Waals surface area contributed by atoms with Crippen molar-refractivity contribution in [3.05, 3.63) is 81.5 Å². The topological polar surface area (TPSA) is 87.7 Å². The highest BCUT2D eigenvalue weighted by Crippen LogP contribution is 2.32. The molecule has 0 aliphatic carbocycles. The summed E-state index contributed by atoms with van der Waals surface area (Å²) >= 11 is 1.31. The summed E-state index contributed by atoms with van der Waals surface area (Å²) in [5.74, 6) is 0.841. The fraction of sp³-hybridized carbons (Fsp3) is 0.333. The van der Waals surface area contributed by atoms with Crippen LogP contribution in [0.1, 0.15) is 17.8 Å². The third-order valence-corrected chi connectivity index (χ3v) is 6.72. The van der Waals surface area contributed by atoms with E-state index in [1.807, 2.05) is 36.1 Å². The van der Waals surface area contributed by atoms with E-state index in [0.29, 0.717) is 53.4 Å².